The highest BCUT2D eigenvalue weighted by Crippen LogP contribution is 2.27. The van der Waals surface area contributed by atoms with E-state index in [2.05, 4.69) is 0 Å². The number of hydrogen-bond donors (Lipinski definition) is 0. The molecule has 0 heterocycles. The monoisotopic (exact) mass is 305 g/mol. The van der Waals surface area contributed by atoms with Crippen LogP contribution in [0.2, 0.25) is 0 Å². The first-order valence-corrected chi connectivity index (χ1v) is 6.25. The first-order chi connectivity index (χ1) is 10.5. The number of halogens is 1. The third-order valence-corrected chi connectivity index (χ3v) is 2.87. The number of benzene rings is 2. The number of rotatable bonds is 5. The molecule has 2 aromatic rings. The van der Waals surface area contributed by atoms with Crippen molar-refractivity contribution >= 4 is 11.7 Å². The maximum atomic E-state index is 13.0. The van der Waals surface area contributed by atoms with Crippen LogP contribution in [-0.2, 0) is 11.3 Å². The summed E-state index contributed by atoms with van der Waals surface area (Å²) < 4.78 is 22.9. The fourth-order valence-electron chi connectivity index (χ4n) is 1.82. The van der Waals surface area contributed by atoms with Crippen molar-refractivity contribution in [2.75, 3.05) is 7.11 Å². The summed E-state index contributed by atoms with van der Waals surface area (Å²) in [5, 5.41) is 10.9. The lowest BCUT2D eigenvalue weighted by molar-refractivity contribution is -0.385. The van der Waals surface area contributed by atoms with Crippen LogP contribution in [0.1, 0.15) is 15.9 Å². The fourth-order valence-corrected chi connectivity index (χ4v) is 1.82. The number of nitrogens with zero attached hydrogens (tertiary/aromatic N) is 1. The van der Waals surface area contributed by atoms with E-state index in [1.54, 1.807) is 6.07 Å². The van der Waals surface area contributed by atoms with E-state index in [1.807, 2.05) is 0 Å². The van der Waals surface area contributed by atoms with Crippen molar-refractivity contribution in [2.45, 2.75) is 6.61 Å². The average Bonchev–Trinajstić information content (AvgIpc) is 2.52. The van der Waals surface area contributed by atoms with Crippen LogP contribution in [0.4, 0.5) is 10.1 Å². The number of carbonyl (C=O) groups is 1. The highest BCUT2D eigenvalue weighted by atomic mass is 19.1. The maximum absolute atomic E-state index is 13.0. The van der Waals surface area contributed by atoms with E-state index in [0.29, 0.717) is 5.56 Å². The lowest BCUT2D eigenvalue weighted by Gasteiger charge is -2.06. The molecule has 0 radical (unpaired) electrons. The van der Waals surface area contributed by atoms with E-state index in [4.69, 9.17) is 9.47 Å². The van der Waals surface area contributed by atoms with E-state index >= 15 is 0 Å². The third kappa shape index (κ3) is 3.57. The molecule has 0 bridgehead atoms. The summed E-state index contributed by atoms with van der Waals surface area (Å²) in [6, 6.07) is 9.37. The van der Waals surface area contributed by atoms with E-state index < -0.39 is 16.7 Å². The molecule has 0 unspecified atom stereocenters. The molecule has 0 aliphatic carbocycles. The van der Waals surface area contributed by atoms with Crippen LogP contribution in [0.5, 0.6) is 5.75 Å². The molecule has 2 rings (SSSR count). The van der Waals surface area contributed by atoms with Gasteiger partial charge in [-0.2, -0.15) is 0 Å². The fraction of sp³-hybridized carbons (Fsp3) is 0.133. The van der Waals surface area contributed by atoms with Crippen molar-refractivity contribution in [3.63, 3.8) is 0 Å². The van der Waals surface area contributed by atoms with E-state index in [1.165, 1.54) is 37.4 Å². The van der Waals surface area contributed by atoms with Crippen LogP contribution in [0.25, 0.3) is 0 Å². The van der Waals surface area contributed by atoms with Crippen LogP contribution in [0, 0.1) is 15.9 Å². The Balaban J connectivity index is 2.12. The molecule has 2 aromatic carbocycles. The van der Waals surface area contributed by atoms with Gasteiger partial charge >= 0.3 is 11.7 Å². The van der Waals surface area contributed by atoms with Crippen LogP contribution in [0.15, 0.2) is 42.5 Å². The number of methoxy groups -OCH3 is 1. The Labute approximate surface area is 125 Å². The van der Waals surface area contributed by atoms with Crippen LogP contribution < -0.4 is 4.74 Å². The number of nitro benzene ring substituents is 1. The zero-order valence-electron chi connectivity index (χ0n) is 11.6. The highest BCUT2D eigenvalue weighted by molar-refractivity contribution is 5.90. The molecule has 0 amide bonds. The Morgan fingerprint density at radius 1 is 1.27 bits per heavy atom. The van der Waals surface area contributed by atoms with Gasteiger partial charge in [-0.3, -0.25) is 10.1 Å². The zero-order chi connectivity index (χ0) is 16.1. The molecule has 0 aliphatic heterocycles. The number of carbonyl (C=O) groups excluding carboxylic acids is 1. The van der Waals surface area contributed by atoms with Crippen molar-refractivity contribution in [2.24, 2.45) is 0 Å². The molecule has 0 aliphatic rings. The summed E-state index contributed by atoms with van der Waals surface area (Å²) in [6.07, 6.45) is 0. The molecule has 0 N–H and O–H groups in total. The van der Waals surface area contributed by atoms with Gasteiger partial charge in [-0.25, -0.2) is 9.18 Å². The van der Waals surface area contributed by atoms with E-state index in [0.717, 1.165) is 6.07 Å². The predicted molar refractivity (Wildman–Crippen MR) is 75.2 cm³/mol. The Kier molecular flexibility index (Phi) is 4.67. The molecule has 22 heavy (non-hydrogen) atoms. The minimum Gasteiger partial charge on any atom is -0.490 e. The van der Waals surface area contributed by atoms with Crippen molar-refractivity contribution in [3.05, 3.63) is 69.5 Å². The van der Waals surface area contributed by atoms with Crippen LogP contribution >= 0.6 is 0 Å². The minimum atomic E-state index is -0.741. The SMILES string of the molecule is COc1ccc(C(=O)OCc2cccc(F)c2)cc1[N+](=O)[O-]. The van der Waals surface area contributed by atoms with Crippen molar-refractivity contribution in [3.8, 4) is 5.75 Å². The lowest BCUT2D eigenvalue weighted by Crippen LogP contribution is -2.06. The molecule has 7 heteroatoms. The third-order valence-electron chi connectivity index (χ3n) is 2.87. The van der Waals surface area contributed by atoms with Gasteiger partial charge in [-0.15, -0.1) is 0 Å². The minimum absolute atomic E-state index is 0.0175. The van der Waals surface area contributed by atoms with E-state index in [9.17, 15) is 19.3 Å². The van der Waals surface area contributed by atoms with Gasteiger partial charge in [0.05, 0.1) is 17.6 Å². The predicted octanol–water partition coefficient (Wildman–Crippen LogP) is 3.10. The standard InChI is InChI=1S/C15H12FNO5/c1-21-14-6-5-11(8-13(14)17(19)20)15(18)22-9-10-3-2-4-12(16)7-10/h2-8H,9H2,1H3. The van der Waals surface area contributed by atoms with Gasteiger partial charge in [-0.05, 0) is 29.8 Å². The Bertz CT molecular complexity index is 717. The van der Waals surface area contributed by atoms with Crippen molar-refractivity contribution in [1.29, 1.82) is 0 Å². The highest BCUT2D eigenvalue weighted by Gasteiger charge is 2.19. The largest absolute Gasteiger partial charge is 0.490 e. The molecule has 6 nitrogen and oxygen atoms in total. The van der Waals surface area contributed by atoms with Gasteiger partial charge in [0, 0.05) is 6.07 Å². The van der Waals surface area contributed by atoms with Crippen LogP contribution in [-0.4, -0.2) is 18.0 Å². The number of ether oxygens (including phenoxy) is 2. The molecule has 0 aromatic heterocycles. The van der Waals surface area contributed by atoms with Gasteiger partial charge in [-0.1, -0.05) is 12.1 Å². The molecule has 0 saturated carbocycles. The quantitative estimate of drug-likeness (QED) is 0.482. The Morgan fingerprint density at radius 3 is 2.68 bits per heavy atom. The number of esters is 1. The summed E-state index contributed by atoms with van der Waals surface area (Å²) in [4.78, 5) is 22.2. The Hall–Kier alpha value is -2.96. The van der Waals surface area contributed by atoms with Crippen molar-refractivity contribution < 1.29 is 23.6 Å². The van der Waals surface area contributed by atoms with Crippen LogP contribution in [0.3, 0.4) is 0 Å². The molecule has 0 saturated heterocycles. The average molecular weight is 305 g/mol. The summed E-state index contributed by atoms with van der Waals surface area (Å²) >= 11 is 0. The summed E-state index contributed by atoms with van der Waals surface area (Å²) in [5.74, 6) is -1.13. The summed E-state index contributed by atoms with van der Waals surface area (Å²) in [6.45, 7) is -0.129. The van der Waals surface area contributed by atoms with Gasteiger partial charge in [0.2, 0.25) is 0 Å². The number of hydrogen-bond acceptors (Lipinski definition) is 5. The summed E-state index contributed by atoms with van der Waals surface area (Å²) in [5.41, 5.74) is 0.169. The van der Waals surface area contributed by atoms with Gasteiger partial charge in [0.25, 0.3) is 0 Å². The maximum Gasteiger partial charge on any atom is 0.338 e. The van der Waals surface area contributed by atoms with Gasteiger partial charge in [0.1, 0.15) is 12.4 Å². The number of nitro groups is 1. The Morgan fingerprint density at radius 2 is 2.05 bits per heavy atom. The first kappa shape index (κ1) is 15.4. The van der Waals surface area contributed by atoms with E-state index in [-0.39, 0.29) is 23.6 Å². The molecule has 114 valence electrons. The van der Waals surface area contributed by atoms with Crippen molar-refractivity contribution in [1.82, 2.24) is 0 Å². The molecule has 0 atom stereocenters. The van der Waals surface area contributed by atoms with Gasteiger partial charge in [0.15, 0.2) is 5.75 Å². The topological polar surface area (TPSA) is 78.7 Å². The molecule has 0 fully saturated rings. The first-order valence-electron chi connectivity index (χ1n) is 6.25. The van der Waals surface area contributed by atoms with Gasteiger partial charge < -0.3 is 9.47 Å². The second kappa shape index (κ2) is 6.66. The lowest BCUT2D eigenvalue weighted by atomic mass is 10.2. The normalized spacial score (nSPS) is 10.1. The molecular formula is C15H12FNO5. The second-order valence-electron chi connectivity index (χ2n) is 4.35. The molecule has 0 spiro atoms. The zero-order valence-corrected chi connectivity index (χ0v) is 11.6. The smallest absolute Gasteiger partial charge is 0.338 e. The second-order valence-corrected chi connectivity index (χ2v) is 4.35. The molecular weight excluding hydrogens is 293 g/mol. The summed E-state index contributed by atoms with van der Waals surface area (Å²) in [7, 11) is 1.30.